The van der Waals surface area contributed by atoms with Crippen molar-refractivity contribution in [1.82, 2.24) is 15.0 Å². The lowest BCUT2D eigenvalue weighted by molar-refractivity contribution is 0.0626. The summed E-state index contributed by atoms with van der Waals surface area (Å²) in [6.07, 6.45) is 2.22. The molecule has 22 heavy (non-hydrogen) atoms. The Hall–Kier alpha value is -2.05. The van der Waals surface area contributed by atoms with Crippen molar-refractivity contribution in [2.45, 2.75) is 45.2 Å². The average Bonchev–Trinajstić information content (AvgIpc) is 3.12. The van der Waals surface area contributed by atoms with Crippen molar-refractivity contribution in [3.05, 3.63) is 17.5 Å². The molecule has 7 nitrogen and oxygen atoms in total. The predicted octanol–water partition coefficient (Wildman–Crippen LogP) is 1.82. The summed E-state index contributed by atoms with van der Waals surface area (Å²) >= 11 is 0. The number of amides is 2. The van der Waals surface area contributed by atoms with Crippen molar-refractivity contribution in [3.63, 3.8) is 0 Å². The van der Waals surface area contributed by atoms with Crippen LogP contribution in [0.1, 0.15) is 42.4 Å². The van der Waals surface area contributed by atoms with Crippen LogP contribution in [0.4, 0.5) is 4.79 Å². The summed E-state index contributed by atoms with van der Waals surface area (Å²) < 4.78 is 10.1. The van der Waals surface area contributed by atoms with Gasteiger partial charge in [0.1, 0.15) is 12.4 Å². The zero-order chi connectivity index (χ0) is 15.7. The number of cyclic esters (lactones) is 1. The maximum Gasteiger partial charge on any atom is 0.410 e. The maximum atomic E-state index is 12.3. The molecule has 2 aliphatic heterocycles. The monoisotopic (exact) mass is 307 g/mol. The van der Waals surface area contributed by atoms with Crippen molar-refractivity contribution >= 4 is 12.0 Å². The van der Waals surface area contributed by atoms with Crippen LogP contribution in [0.5, 0.6) is 0 Å². The lowest BCUT2D eigenvalue weighted by Crippen LogP contribution is -2.49. The first-order chi connectivity index (χ1) is 10.6. The van der Waals surface area contributed by atoms with E-state index >= 15 is 0 Å². The number of hydrogen-bond donors (Lipinski definition) is 0. The standard InChI is InChI=1S/C15H21N3O4/c1-3-11-9-21-15(20)18(11)12-4-6-17(7-5-12)14(19)13-8-10(2)22-16-13/h8,11-12H,3-7,9H2,1-2H3. The molecule has 1 unspecified atom stereocenters. The summed E-state index contributed by atoms with van der Waals surface area (Å²) in [5.74, 6) is 0.523. The van der Waals surface area contributed by atoms with Crippen LogP contribution in [0.15, 0.2) is 10.6 Å². The van der Waals surface area contributed by atoms with E-state index in [-0.39, 0.29) is 24.1 Å². The highest BCUT2D eigenvalue weighted by molar-refractivity contribution is 5.92. The molecule has 0 N–H and O–H groups in total. The molecule has 2 saturated heterocycles. The molecule has 0 bridgehead atoms. The Morgan fingerprint density at radius 3 is 2.73 bits per heavy atom. The van der Waals surface area contributed by atoms with Gasteiger partial charge in [0.15, 0.2) is 5.69 Å². The van der Waals surface area contributed by atoms with Crippen LogP contribution in [0.3, 0.4) is 0 Å². The van der Waals surface area contributed by atoms with Crippen LogP contribution >= 0.6 is 0 Å². The quantitative estimate of drug-likeness (QED) is 0.851. The van der Waals surface area contributed by atoms with Gasteiger partial charge >= 0.3 is 6.09 Å². The van der Waals surface area contributed by atoms with E-state index in [4.69, 9.17) is 9.26 Å². The topological polar surface area (TPSA) is 75.9 Å². The van der Waals surface area contributed by atoms with Gasteiger partial charge in [0.25, 0.3) is 5.91 Å². The number of aromatic nitrogens is 1. The number of rotatable bonds is 3. The number of nitrogens with zero attached hydrogens (tertiary/aromatic N) is 3. The minimum Gasteiger partial charge on any atom is -0.447 e. The smallest absolute Gasteiger partial charge is 0.410 e. The first-order valence-corrected chi connectivity index (χ1v) is 7.77. The van der Waals surface area contributed by atoms with Gasteiger partial charge in [0.05, 0.1) is 6.04 Å². The number of carbonyl (C=O) groups excluding carboxylic acids is 2. The van der Waals surface area contributed by atoms with Gasteiger partial charge in [0, 0.05) is 25.2 Å². The first-order valence-electron chi connectivity index (χ1n) is 7.77. The third-order valence-electron chi connectivity index (χ3n) is 4.47. The summed E-state index contributed by atoms with van der Waals surface area (Å²) in [6, 6.07) is 1.97. The van der Waals surface area contributed by atoms with E-state index in [1.165, 1.54) is 0 Å². The first kappa shape index (κ1) is 14.9. The van der Waals surface area contributed by atoms with Crippen molar-refractivity contribution in [2.75, 3.05) is 19.7 Å². The molecular weight excluding hydrogens is 286 g/mol. The van der Waals surface area contributed by atoms with Crippen LogP contribution < -0.4 is 0 Å². The highest BCUT2D eigenvalue weighted by atomic mass is 16.6. The van der Waals surface area contributed by atoms with Gasteiger partial charge < -0.3 is 14.2 Å². The van der Waals surface area contributed by atoms with Crippen LogP contribution in [0.2, 0.25) is 0 Å². The molecule has 0 radical (unpaired) electrons. The number of piperidine rings is 1. The summed E-state index contributed by atoms with van der Waals surface area (Å²) in [5, 5.41) is 3.77. The van der Waals surface area contributed by atoms with Crippen molar-refractivity contribution < 1.29 is 18.8 Å². The molecule has 2 aliphatic rings. The van der Waals surface area contributed by atoms with Gasteiger partial charge in [-0.3, -0.25) is 9.69 Å². The molecule has 0 aliphatic carbocycles. The Balaban J connectivity index is 1.60. The largest absolute Gasteiger partial charge is 0.447 e. The zero-order valence-electron chi connectivity index (χ0n) is 12.9. The lowest BCUT2D eigenvalue weighted by Gasteiger charge is -2.37. The molecule has 7 heteroatoms. The Bertz CT molecular complexity index is 563. The van der Waals surface area contributed by atoms with E-state index in [1.54, 1.807) is 17.9 Å². The highest BCUT2D eigenvalue weighted by Gasteiger charge is 2.39. The van der Waals surface area contributed by atoms with Gasteiger partial charge in [-0.2, -0.15) is 0 Å². The number of hydrogen-bond acceptors (Lipinski definition) is 5. The van der Waals surface area contributed by atoms with Gasteiger partial charge in [-0.05, 0) is 26.2 Å². The van der Waals surface area contributed by atoms with Gasteiger partial charge in [-0.15, -0.1) is 0 Å². The molecule has 0 spiro atoms. The van der Waals surface area contributed by atoms with Crippen molar-refractivity contribution in [1.29, 1.82) is 0 Å². The molecule has 120 valence electrons. The summed E-state index contributed by atoms with van der Waals surface area (Å²) in [6.45, 7) is 5.54. The van der Waals surface area contributed by atoms with E-state index in [0.29, 0.717) is 31.2 Å². The second-order valence-corrected chi connectivity index (χ2v) is 5.89. The summed E-state index contributed by atoms with van der Waals surface area (Å²) in [7, 11) is 0. The van der Waals surface area contributed by atoms with Gasteiger partial charge in [-0.1, -0.05) is 12.1 Å². The fraction of sp³-hybridized carbons (Fsp3) is 0.667. The van der Waals surface area contributed by atoms with Crippen molar-refractivity contribution in [3.8, 4) is 0 Å². The van der Waals surface area contributed by atoms with E-state index < -0.39 is 0 Å². The molecule has 1 atom stereocenters. The van der Waals surface area contributed by atoms with Gasteiger partial charge in [-0.25, -0.2) is 4.79 Å². The molecule has 3 heterocycles. The Morgan fingerprint density at radius 1 is 1.41 bits per heavy atom. The minimum atomic E-state index is -0.219. The average molecular weight is 307 g/mol. The molecule has 1 aromatic rings. The number of likely N-dealkylation sites (tertiary alicyclic amines) is 1. The fourth-order valence-electron chi connectivity index (χ4n) is 3.21. The minimum absolute atomic E-state index is 0.105. The van der Waals surface area contributed by atoms with E-state index in [0.717, 1.165) is 19.3 Å². The third-order valence-corrected chi connectivity index (χ3v) is 4.47. The maximum absolute atomic E-state index is 12.3. The van der Waals surface area contributed by atoms with Crippen LogP contribution in [-0.2, 0) is 4.74 Å². The molecule has 2 amide bonds. The fourth-order valence-corrected chi connectivity index (χ4v) is 3.21. The van der Waals surface area contributed by atoms with Crippen LogP contribution in [-0.4, -0.2) is 58.7 Å². The predicted molar refractivity (Wildman–Crippen MR) is 77.4 cm³/mol. The van der Waals surface area contributed by atoms with E-state index in [9.17, 15) is 9.59 Å². The molecule has 0 saturated carbocycles. The summed E-state index contributed by atoms with van der Waals surface area (Å²) in [4.78, 5) is 27.8. The number of carbonyl (C=O) groups is 2. The van der Waals surface area contributed by atoms with Crippen LogP contribution in [0, 0.1) is 6.92 Å². The van der Waals surface area contributed by atoms with Crippen molar-refractivity contribution in [2.24, 2.45) is 0 Å². The number of aryl methyl sites for hydroxylation is 1. The second-order valence-electron chi connectivity index (χ2n) is 5.89. The molecule has 2 fully saturated rings. The Labute approximate surface area is 129 Å². The second kappa shape index (κ2) is 5.98. The molecule has 0 aromatic carbocycles. The summed E-state index contributed by atoms with van der Waals surface area (Å²) in [5.41, 5.74) is 0.350. The zero-order valence-corrected chi connectivity index (χ0v) is 12.9. The normalized spacial score (nSPS) is 23.0. The SMILES string of the molecule is CCC1COC(=O)N1C1CCN(C(=O)c2cc(C)on2)CC1. The van der Waals surface area contributed by atoms with Gasteiger partial charge in [0.2, 0.25) is 0 Å². The Kier molecular flexibility index (Phi) is 4.04. The van der Waals surface area contributed by atoms with E-state index in [2.05, 4.69) is 12.1 Å². The molecular formula is C15H21N3O4. The van der Waals surface area contributed by atoms with E-state index in [1.807, 2.05) is 4.90 Å². The highest BCUT2D eigenvalue weighted by Crippen LogP contribution is 2.25. The number of ether oxygens (including phenoxy) is 1. The molecule has 3 rings (SSSR count). The third kappa shape index (κ3) is 2.67. The molecule has 1 aromatic heterocycles. The lowest BCUT2D eigenvalue weighted by atomic mass is 10.0. The Morgan fingerprint density at radius 2 is 2.14 bits per heavy atom. The van der Waals surface area contributed by atoms with Crippen LogP contribution in [0.25, 0.3) is 0 Å².